The van der Waals surface area contributed by atoms with E-state index in [-0.39, 0.29) is 6.04 Å². The maximum absolute atomic E-state index is 4.91. The number of amidine groups is 1. The van der Waals surface area contributed by atoms with Crippen LogP contribution in [0, 0.1) is 20.8 Å². The van der Waals surface area contributed by atoms with Gasteiger partial charge in [-0.25, -0.2) is 4.98 Å². The van der Waals surface area contributed by atoms with Gasteiger partial charge in [-0.05, 0) is 57.4 Å². The van der Waals surface area contributed by atoms with Crippen LogP contribution in [0.3, 0.4) is 0 Å². The Morgan fingerprint density at radius 2 is 1.85 bits per heavy atom. The van der Waals surface area contributed by atoms with E-state index in [1.54, 1.807) is 0 Å². The van der Waals surface area contributed by atoms with Gasteiger partial charge in [0.1, 0.15) is 0 Å². The van der Waals surface area contributed by atoms with Crippen LogP contribution >= 0.6 is 0 Å². The summed E-state index contributed by atoms with van der Waals surface area (Å²) in [5, 5.41) is 3.65. The highest BCUT2D eigenvalue weighted by Crippen LogP contribution is 2.28. The van der Waals surface area contributed by atoms with Crippen molar-refractivity contribution >= 4 is 11.5 Å². The number of aryl methyl sites for hydroxylation is 3. The smallest absolute Gasteiger partial charge is 0.152 e. The maximum atomic E-state index is 4.91. The zero-order valence-electron chi connectivity index (χ0n) is 16.7. The van der Waals surface area contributed by atoms with Crippen molar-refractivity contribution in [1.29, 1.82) is 0 Å². The van der Waals surface area contributed by atoms with E-state index in [2.05, 4.69) is 84.1 Å². The van der Waals surface area contributed by atoms with Crippen molar-refractivity contribution in [2.24, 2.45) is 4.99 Å². The van der Waals surface area contributed by atoms with E-state index in [4.69, 9.17) is 4.99 Å². The average Bonchev–Trinajstić information content (AvgIpc) is 3.19. The summed E-state index contributed by atoms with van der Waals surface area (Å²) in [5.41, 5.74) is 7.15. The van der Waals surface area contributed by atoms with Crippen LogP contribution in [-0.4, -0.2) is 32.4 Å². The van der Waals surface area contributed by atoms with Crippen molar-refractivity contribution < 1.29 is 0 Å². The minimum absolute atomic E-state index is 0.269. The molecule has 3 heterocycles. The van der Waals surface area contributed by atoms with Crippen molar-refractivity contribution in [2.45, 2.75) is 53.2 Å². The molecule has 2 aliphatic heterocycles. The number of nitrogens with zero attached hydrogens (tertiary/aromatic N) is 4. The van der Waals surface area contributed by atoms with Gasteiger partial charge in [0, 0.05) is 18.9 Å². The SMILES string of the molecule is Cc1cn(C2=CN3C(=NC(C)C3C)C(NCc3c(C)cccc3C)=C2)cn1. The molecule has 0 fully saturated rings. The summed E-state index contributed by atoms with van der Waals surface area (Å²) in [6.07, 6.45) is 8.28. The quantitative estimate of drug-likeness (QED) is 0.901. The van der Waals surface area contributed by atoms with Gasteiger partial charge in [-0.1, -0.05) is 18.2 Å². The summed E-state index contributed by atoms with van der Waals surface area (Å²) in [4.78, 5) is 11.6. The molecule has 4 rings (SSSR count). The van der Waals surface area contributed by atoms with Crippen LogP contribution < -0.4 is 5.32 Å². The van der Waals surface area contributed by atoms with Gasteiger partial charge < -0.3 is 14.8 Å². The van der Waals surface area contributed by atoms with Crippen molar-refractivity contribution in [2.75, 3.05) is 0 Å². The molecule has 1 aromatic carbocycles. The molecule has 2 aromatic rings. The molecule has 140 valence electrons. The van der Waals surface area contributed by atoms with Crippen LogP contribution in [-0.2, 0) is 6.54 Å². The number of allylic oxidation sites excluding steroid dienone is 2. The first-order valence-electron chi connectivity index (χ1n) is 9.54. The molecule has 0 saturated carbocycles. The third kappa shape index (κ3) is 3.18. The Kier molecular flexibility index (Phi) is 4.38. The Labute approximate surface area is 161 Å². The lowest BCUT2D eigenvalue weighted by molar-refractivity contribution is 0.418. The van der Waals surface area contributed by atoms with E-state index < -0.39 is 0 Å². The standard InChI is InChI=1S/C22H27N5/c1-14-7-6-8-15(2)20(14)10-23-21-9-19(26-11-16(3)24-13-26)12-27-18(5)17(4)25-22(21)27/h6-9,11-13,17-18,23H,10H2,1-5H3. The summed E-state index contributed by atoms with van der Waals surface area (Å²) in [7, 11) is 0. The minimum Gasteiger partial charge on any atom is -0.378 e. The number of aliphatic imine (C=N–C) groups is 1. The third-order valence-corrected chi connectivity index (χ3v) is 5.62. The van der Waals surface area contributed by atoms with Gasteiger partial charge in [-0.3, -0.25) is 4.99 Å². The van der Waals surface area contributed by atoms with Crippen LogP contribution in [0.5, 0.6) is 0 Å². The first-order valence-corrected chi connectivity index (χ1v) is 9.54. The Morgan fingerprint density at radius 1 is 1.11 bits per heavy atom. The van der Waals surface area contributed by atoms with Gasteiger partial charge in [-0.15, -0.1) is 0 Å². The van der Waals surface area contributed by atoms with Gasteiger partial charge in [0.05, 0.1) is 35.5 Å². The molecule has 0 aliphatic carbocycles. The van der Waals surface area contributed by atoms with Crippen LogP contribution in [0.2, 0.25) is 0 Å². The van der Waals surface area contributed by atoms with Crippen molar-refractivity contribution in [3.63, 3.8) is 0 Å². The summed E-state index contributed by atoms with van der Waals surface area (Å²) < 4.78 is 2.07. The fourth-order valence-electron chi connectivity index (χ4n) is 3.72. The third-order valence-electron chi connectivity index (χ3n) is 5.62. The number of imidazole rings is 1. The van der Waals surface area contributed by atoms with Gasteiger partial charge in [0.15, 0.2) is 5.84 Å². The largest absolute Gasteiger partial charge is 0.378 e. The lowest BCUT2D eigenvalue weighted by Gasteiger charge is -2.29. The van der Waals surface area contributed by atoms with E-state index in [0.29, 0.717) is 6.04 Å². The second-order valence-electron chi connectivity index (χ2n) is 7.60. The first-order chi connectivity index (χ1) is 12.9. The number of benzene rings is 1. The Balaban J connectivity index is 1.67. The second-order valence-corrected chi connectivity index (χ2v) is 7.60. The van der Waals surface area contributed by atoms with E-state index >= 15 is 0 Å². The molecule has 0 bridgehead atoms. The molecular formula is C22H27N5. The molecule has 0 radical (unpaired) electrons. The summed E-state index contributed by atoms with van der Waals surface area (Å²) in [5.74, 6) is 1.03. The van der Waals surface area contributed by atoms with Crippen LogP contribution in [0.25, 0.3) is 5.70 Å². The Hall–Kier alpha value is -2.82. The predicted octanol–water partition coefficient (Wildman–Crippen LogP) is 3.79. The van der Waals surface area contributed by atoms with Crippen molar-refractivity contribution in [1.82, 2.24) is 19.8 Å². The molecule has 27 heavy (non-hydrogen) atoms. The average molecular weight is 361 g/mol. The topological polar surface area (TPSA) is 45.5 Å². The molecule has 2 atom stereocenters. The number of aromatic nitrogens is 2. The number of hydrogen-bond acceptors (Lipinski definition) is 4. The predicted molar refractivity (Wildman–Crippen MR) is 110 cm³/mol. The molecule has 5 nitrogen and oxygen atoms in total. The van der Waals surface area contributed by atoms with Crippen LogP contribution in [0.1, 0.15) is 36.2 Å². The van der Waals surface area contributed by atoms with Crippen molar-refractivity contribution in [3.05, 3.63) is 71.1 Å². The normalized spacial score (nSPS) is 21.5. The fraction of sp³-hybridized carbons (Fsp3) is 0.364. The molecular weight excluding hydrogens is 334 g/mol. The Bertz CT molecular complexity index is 943. The minimum atomic E-state index is 0.269. The van der Waals surface area contributed by atoms with Gasteiger partial charge in [-0.2, -0.15) is 0 Å². The van der Waals surface area contributed by atoms with E-state index in [1.807, 2.05) is 13.3 Å². The van der Waals surface area contributed by atoms with Gasteiger partial charge in [0.25, 0.3) is 0 Å². The number of rotatable bonds is 4. The van der Waals surface area contributed by atoms with Crippen LogP contribution in [0.4, 0.5) is 0 Å². The second kappa shape index (κ2) is 6.72. The summed E-state index contributed by atoms with van der Waals surface area (Å²) in [6, 6.07) is 7.06. The molecule has 2 unspecified atom stereocenters. The maximum Gasteiger partial charge on any atom is 0.152 e. The highest BCUT2D eigenvalue weighted by Gasteiger charge is 2.33. The van der Waals surface area contributed by atoms with E-state index in [1.165, 1.54) is 16.7 Å². The summed E-state index contributed by atoms with van der Waals surface area (Å²) >= 11 is 0. The zero-order valence-corrected chi connectivity index (χ0v) is 16.7. The summed E-state index contributed by atoms with van der Waals surface area (Å²) in [6.45, 7) is 11.5. The molecule has 0 saturated heterocycles. The first kappa shape index (κ1) is 17.6. The van der Waals surface area contributed by atoms with Gasteiger partial charge in [0.2, 0.25) is 0 Å². The van der Waals surface area contributed by atoms with Gasteiger partial charge >= 0.3 is 0 Å². The molecule has 1 aromatic heterocycles. The zero-order chi connectivity index (χ0) is 19.1. The highest BCUT2D eigenvalue weighted by atomic mass is 15.3. The Morgan fingerprint density at radius 3 is 2.52 bits per heavy atom. The lowest BCUT2D eigenvalue weighted by atomic mass is 10.0. The van der Waals surface area contributed by atoms with E-state index in [0.717, 1.165) is 29.5 Å². The molecule has 1 N–H and O–H groups in total. The number of nitrogens with one attached hydrogen (secondary N) is 1. The number of fused-ring (bicyclic) bond motifs is 1. The molecule has 0 amide bonds. The monoisotopic (exact) mass is 361 g/mol. The lowest BCUT2D eigenvalue weighted by Crippen LogP contribution is -2.38. The van der Waals surface area contributed by atoms with Crippen LogP contribution in [0.15, 0.2) is 53.7 Å². The molecule has 2 aliphatic rings. The fourth-order valence-corrected chi connectivity index (χ4v) is 3.72. The highest BCUT2D eigenvalue weighted by molar-refractivity contribution is 6.03. The molecule has 0 spiro atoms. The van der Waals surface area contributed by atoms with Crippen molar-refractivity contribution in [3.8, 4) is 0 Å². The van der Waals surface area contributed by atoms with E-state index in [9.17, 15) is 0 Å². The molecule has 5 heteroatoms. The number of hydrogen-bond donors (Lipinski definition) is 1.